The number of rotatable bonds is 9. The lowest BCUT2D eigenvalue weighted by molar-refractivity contribution is -0.120. The van der Waals surface area contributed by atoms with Gasteiger partial charge >= 0.3 is 0 Å². The molecule has 0 saturated carbocycles. The highest BCUT2D eigenvalue weighted by atomic mass is 32.2. The van der Waals surface area contributed by atoms with Crippen molar-refractivity contribution in [1.29, 1.82) is 0 Å². The van der Waals surface area contributed by atoms with Crippen molar-refractivity contribution in [3.05, 3.63) is 94.5 Å². The van der Waals surface area contributed by atoms with E-state index in [9.17, 15) is 13.2 Å². The van der Waals surface area contributed by atoms with E-state index >= 15 is 0 Å². The second-order valence-electron chi connectivity index (χ2n) is 8.70. The van der Waals surface area contributed by atoms with E-state index in [1.54, 1.807) is 36.4 Å². The average Bonchev–Trinajstić information content (AvgIpc) is 2.81. The molecule has 3 aromatic carbocycles. The van der Waals surface area contributed by atoms with Crippen molar-refractivity contribution in [1.82, 2.24) is 5.32 Å². The lowest BCUT2D eigenvalue weighted by Gasteiger charge is -2.27. The fourth-order valence-corrected chi connectivity index (χ4v) is 5.64. The van der Waals surface area contributed by atoms with Crippen LogP contribution in [0.3, 0.4) is 0 Å². The first-order valence-corrected chi connectivity index (χ1v) is 13.1. The van der Waals surface area contributed by atoms with Crippen LogP contribution in [0.1, 0.15) is 54.1 Å². The Balaban J connectivity index is 1.96. The highest BCUT2D eigenvalue weighted by Crippen LogP contribution is 2.28. The molecule has 5 nitrogen and oxygen atoms in total. The average molecular weight is 479 g/mol. The minimum atomic E-state index is -3.95. The van der Waals surface area contributed by atoms with Crippen LogP contribution in [0.4, 0.5) is 5.69 Å². The Bertz CT molecular complexity index is 1250. The van der Waals surface area contributed by atoms with Crippen molar-refractivity contribution < 1.29 is 13.2 Å². The van der Waals surface area contributed by atoms with Crippen LogP contribution in [0.15, 0.2) is 71.6 Å². The number of nitrogens with one attached hydrogen (secondary N) is 1. The van der Waals surface area contributed by atoms with E-state index in [1.807, 2.05) is 58.9 Å². The van der Waals surface area contributed by atoms with Crippen molar-refractivity contribution in [2.75, 3.05) is 10.8 Å². The van der Waals surface area contributed by atoms with Gasteiger partial charge in [0.15, 0.2) is 0 Å². The summed E-state index contributed by atoms with van der Waals surface area (Å²) in [7, 11) is -3.95. The quantitative estimate of drug-likeness (QED) is 0.433. The zero-order chi connectivity index (χ0) is 24.9. The smallest absolute Gasteiger partial charge is 0.264 e. The number of para-hydroxylation sites is 1. The fraction of sp³-hybridized carbons (Fsp3) is 0.321. The molecule has 0 aromatic heterocycles. The number of amides is 1. The zero-order valence-corrected chi connectivity index (χ0v) is 21.4. The van der Waals surface area contributed by atoms with Gasteiger partial charge in [0.2, 0.25) is 5.91 Å². The first-order valence-electron chi connectivity index (χ1n) is 11.7. The molecule has 0 aliphatic heterocycles. The van der Waals surface area contributed by atoms with Crippen LogP contribution in [0, 0.1) is 20.8 Å². The third-order valence-corrected chi connectivity index (χ3v) is 7.86. The molecule has 0 saturated heterocycles. The first-order chi connectivity index (χ1) is 16.2. The van der Waals surface area contributed by atoms with Gasteiger partial charge in [0.05, 0.1) is 16.6 Å². The van der Waals surface area contributed by atoms with E-state index in [4.69, 9.17) is 0 Å². The summed E-state index contributed by atoms with van der Waals surface area (Å²) in [5.74, 6) is -0.339. The van der Waals surface area contributed by atoms with Crippen molar-refractivity contribution >= 4 is 21.6 Å². The molecule has 1 N–H and O–H groups in total. The van der Waals surface area contributed by atoms with Gasteiger partial charge in [0.25, 0.3) is 10.0 Å². The molecule has 3 rings (SSSR count). The van der Waals surface area contributed by atoms with Gasteiger partial charge in [-0.1, -0.05) is 73.5 Å². The molecule has 180 valence electrons. The summed E-state index contributed by atoms with van der Waals surface area (Å²) < 4.78 is 28.7. The molecule has 0 fully saturated rings. The maximum absolute atomic E-state index is 13.7. The van der Waals surface area contributed by atoms with Gasteiger partial charge in [-0.15, -0.1) is 0 Å². The van der Waals surface area contributed by atoms with Gasteiger partial charge in [-0.25, -0.2) is 8.42 Å². The van der Waals surface area contributed by atoms with E-state index in [0.717, 1.165) is 27.8 Å². The predicted octanol–water partition coefficient (Wildman–Crippen LogP) is 5.64. The Morgan fingerprint density at radius 3 is 2.18 bits per heavy atom. The summed E-state index contributed by atoms with van der Waals surface area (Å²) in [6, 6.07) is 20.0. The number of aryl methyl sites for hydroxylation is 4. The minimum absolute atomic E-state index is 0.165. The number of benzene rings is 3. The molecular formula is C28H34N2O3S. The summed E-state index contributed by atoms with van der Waals surface area (Å²) in [4.78, 5) is 13.4. The van der Waals surface area contributed by atoms with Crippen LogP contribution in [-0.4, -0.2) is 20.9 Å². The molecule has 1 amide bonds. The Labute approximate surface area is 203 Å². The maximum Gasteiger partial charge on any atom is 0.264 e. The molecule has 0 aliphatic carbocycles. The predicted molar refractivity (Wildman–Crippen MR) is 139 cm³/mol. The third kappa shape index (κ3) is 5.68. The Morgan fingerprint density at radius 2 is 1.56 bits per heavy atom. The molecular weight excluding hydrogens is 444 g/mol. The number of hydrogen-bond donors (Lipinski definition) is 1. The van der Waals surface area contributed by atoms with Crippen LogP contribution in [0.25, 0.3) is 0 Å². The molecule has 0 radical (unpaired) electrons. The summed E-state index contributed by atoms with van der Waals surface area (Å²) in [6.45, 7) is 9.67. The van der Waals surface area contributed by atoms with E-state index in [2.05, 4.69) is 11.4 Å². The summed E-state index contributed by atoms with van der Waals surface area (Å²) in [6.07, 6.45) is 1.35. The molecule has 0 heterocycles. The number of carbonyl (C=O) groups is 1. The molecule has 6 heteroatoms. The molecule has 34 heavy (non-hydrogen) atoms. The lowest BCUT2D eigenvalue weighted by atomic mass is 9.97. The highest BCUT2D eigenvalue weighted by molar-refractivity contribution is 7.92. The van der Waals surface area contributed by atoms with Gasteiger partial charge in [0.1, 0.15) is 6.54 Å². The fourth-order valence-electron chi connectivity index (χ4n) is 4.18. The largest absolute Gasteiger partial charge is 0.348 e. The number of carbonyl (C=O) groups excluding carboxylic acids is 1. The standard InChI is InChI=1S/C28H34N2O3S/c1-6-23-10-8-9-11-27(23)30(34(32,33)24-15-12-20(3)13-16-24)19-28(31)29-26(7-2)25-17-14-21(4)18-22(25)5/h8-18,26H,6-7,19H2,1-5H3,(H,29,31). The van der Waals surface area contributed by atoms with Crippen LogP contribution in [0.5, 0.6) is 0 Å². The van der Waals surface area contributed by atoms with Crippen LogP contribution >= 0.6 is 0 Å². The summed E-state index contributed by atoms with van der Waals surface area (Å²) in [5, 5.41) is 3.07. The molecule has 0 aliphatic rings. The number of anilines is 1. The number of nitrogens with zero attached hydrogens (tertiary/aromatic N) is 1. The van der Waals surface area contributed by atoms with Crippen LogP contribution < -0.4 is 9.62 Å². The van der Waals surface area contributed by atoms with Crippen molar-refractivity contribution in [2.24, 2.45) is 0 Å². The van der Waals surface area contributed by atoms with Gasteiger partial charge in [-0.2, -0.15) is 0 Å². The highest BCUT2D eigenvalue weighted by Gasteiger charge is 2.29. The Hall–Kier alpha value is -3.12. The molecule has 0 bridgehead atoms. The van der Waals surface area contributed by atoms with Gasteiger partial charge in [0, 0.05) is 0 Å². The van der Waals surface area contributed by atoms with Crippen molar-refractivity contribution in [3.8, 4) is 0 Å². The van der Waals surface area contributed by atoms with Gasteiger partial charge in [-0.3, -0.25) is 9.10 Å². The SMILES string of the molecule is CCc1ccccc1N(CC(=O)NC(CC)c1ccc(C)cc1C)S(=O)(=O)c1ccc(C)cc1. The normalized spacial score (nSPS) is 12.3. The van der Waals surface area contributed by atoms with Crippen LogP contribution in [0.2, 0.25) is 0 Å². The van der Waals surface area contributed by atoms with Gasteiger partial charge in [-0.05, 0) is 68.5 Å². The van der Waals surface area contributed by atoms with Crippen molar-refractivity contribution in [2.45, 2.75) is 58.4 Å². The van der Waals surface area contributed by atoms with Gasteiger partial charge < -0.3 is 5.32 Å². The molecule has 3 aromatic rings. The monoisotopic (exact) mass is 478 g/mol. The van der Waals surface area contributed by atoms with E-state index in [1.165, 1.54) is 4.31 Å². The molecule has 1 unspecified atom stereocenters. The number of sulfonamides is 1. The zero-order valence-electron chi connectivity index (χ0n) is 20.6. The summed E-state index contributed by atoms with van der Waals surface area (Å²) >= 11 is 0. The van der Waals surface area contributed by atoms with Crippen molar-refractivity contribution in [3.63, 3.8) is 0 Å². The Morgan fingerprint density at radius 1 is 0.912 bits per heavy atom. The second-order valence-corrected chi connectivity index (χ2v) is 10.6. The van der Waals surface area contributed by atoms with Crippen LogP contribution in [-0.2, 0) is 21.2 Å². The Kier molecular flexibility index (Phi) is 8.15. The first kappa shape index (κ1) is 25.5. The third-order valence-electron chi connectivity index (χ3n) is 6.08. The second kappa shape index (κ2) is 10.9. The minimum Gasteiger partial charge on any atom is -0.348 e. The number of hydrogen-bond acceptors (Lipinski definition) is 3. The topological polar surface area (TPSA) is 66.5 Å². The van der Waals surface area contributed by atoms with E-state index in [0.29, 0.717) is 18.5 Å². The summed E-state index contributed by atoms with van der Waals surface area (Å²) in [5.41, 5.74) is 5.68. The van der Waals surface area contributed by atoms with E-state index < -0.39 is 10.0 Å². The molecule has 1 atom stereocenters. The lowest BCUT2D eigenvalue weighted by Crippen LogP contribution is -2.42. The van der Waals surface area contributed by atoms with E-state index in [-0.39, 0.29) is 23.4 Å². The molecule has 0 spiro atoms. The maximum atomic E-state index is 13.7.